The summed E-state index contributed by atoms with van der Waals surface area (Å²) in [5, 5.41) is 11.7. The number of rotatable bonds is 4. The predicted octanol–water partition coefficient (Wildman–Crippen LogP) is 2.70. The smallest absolute Gasteiger partial charge is 0.317 e. The van der Waals surface area contributed by atoms with Gasteiger partial charge in [0.1, 0.15) is 5.69 Å². The molecule has 1 aliphatic heterocycles. The number of nitrogens with one attached hydrogen (secondary N) is 1. The minimum absolute atomic E-state index is 0.109. The normalized spacial score (nSPS) is 21.1. The number of amides is 2. The van der Waals surface area contributed by atoms with Gasteiger partial charge in [-0.1, -0.05) is 18.1 Å². The van der Waals surface area contributed by atoms with Gasteiger partial charge in [0.25, 0.3) is 0 Å². The molecule has 26 heavy (non-hydrogen) atoms. The summed E-state index contributed by atoms with van der Waals surface area (Å²) < 4.78 is 1.90. The van der Waals surface area contributed by atoms with Crippen LogP contribution in [0.3, 0.4) is 0 Å². The van der Waals surface area contributed by atoms with Gasteiger partial charge >= 0.3 is 6.03 Å². The van der Waals surface area contributed by atoms with Crippen LogP contribution in [0.25, 0.3) is 11.3 Å². The van der Waals surface area contributed by atoms with Crippen molar-refractivity contribution in [3.05, 3.63) is 30.7 Å². The zero-order valence-electron chi connectivity index (χ0n) is 15.0. The van der Waals surface area contributed by atoms with E-state index in [4.69, 9.17) is 0 Å². The zero-order chi connectivity index (χ0) is 17.8. The molecule has 0 aromatic carbocycles. The van der Waals surface area contributed by atoms with Gasteiger partial charge in [0.05, 0.1) is 6.20 Å². The van der Waals surface area contributed by atoms with E-state index in [0.717, 1.165) is 56.6 Å². The molecular formula is C19H26N6O. The summed E-state index contributed by atoms with van der Waals surface area (Å²) in [6, 6.07) is 4.35. The molecule has 1 saturated heterocycles. The van der Waals surface area contributed by atoms with Crippen molar-refractivity contribution in [3.8, 4) is 11.3 Å². The van der Waals surface area contributed by atoms with Gasteiger partial charge in [-0.3, -0.25) is 9.67 Å². The SMILES string of the molecule is O=C(NC1CCCC1)N1CCCC(Cn2cc(-c3ccncc3)nn2)C1. The number of hydrogen-bond donors (Lipinski definition) is 1. The third-order valence-electron chi connectivity index (χ3n) is 5.45. The molecule has 7 nitrogen and oxygen atoms in total. The van der Waals surface area contributed by atoms with Crippen LogP contribution in [0.1, 0.15) is 38.5 Å². The van der Waals surface area contributed by atoms with Crippen LogP contribution < -0.4 is 5.32 Å². The molecule has 2 fully saturated rings. The van der Waals surface area contributed by atoms with Crippen LogP contribution in [-0.4, -0.2) is 50.0 Å². The molecule has 138 valence electrons. The Morgan fingerprint density at radius 1 is 1.15 bits per heavy atom. The monoisotopic (exact) mass is 354 g/mol. The Labute approximate surface area is 153 Å². The van der Waals surface area contributed by atoms with Gasteiger partial charge in [0.15, 0.2) is 0 Å². The second-order valence-electron chi connectivity index (χ2n) is 7.45. The van der Waals surface area contributed by atoms with Crippen molar-refractivity contribution in [2.75, 3.05) is 13.1 Å². The average Bonchev–Trinajstić information content (AvgIpc) is 3.35. The van der Waals surface area contributed by atoms with E-state index in [1.54, 1.807) is 12.4 Å². The maximum absolute atomic E-state index is 12.5. The predicted molar refractivity (Wildman–Crippen MR) is 98.3 cm³/mol. The molecule has 3 heterocycles. The fourth-order valence-corrected chi connectivity index (χ4v) is 4.04. The van der Waals surface area contributed by atoms with Crippen LogP contribution >= 0.6 is 0 Å². The first-order chi connectivity index (χ1) is 12.8. The van der Waals surface area contributed by atoms with E-state index in [-0.39, 0.29) is 6.03 Å². The van der Waals surface area contributed by atoms with Crippen LogP contribution in [-0.2, 0) is 6.54 Å². The first-order valence-electron chi connectivity index (χ1n) is 9.64. The van der Waals surface area contributed by atoms with Crippen molar-refractivity contribution in [3.63, 3.8) is 0 Å². The number of urea groups is 1. The minimum atomic E-state index is 0.109. The van der Waals surface area contributed by atoms with Crippen molar-refractivity contribution >= 4 is 6.03 Å². The zero-order valence-corrected chi connectivity index (χ0v) is 15.0. The second-order valence-corrected chi connectivity index (χ2v) is 7.45. The third-order valence-corrected chi connectivity index (χ3v) is 5.45. The highest BCUT2D eigenvalue weighted by molar-refractivity contribution is 5.74. The number of pyridine rings is 1. The maximum Gasteiger partial charge on any atom is 0.317 e. The van der Waals surface area contributed by atoms with E-state index in [1.165, 1.54) is 12.8 Å². The van der Waals surface area contributed by atoms with E-state index >= 15 is 0 Å². The van der Waals surface area contributed by atoms with Crippen molar-refractivity contribution in [2.45, 2.75) is 51.1 Å². The Morgan fingerprint density at radius 2 is 1.96 bits per heavy atom. The van der Waals surface area contributed by atoms with Crippen molar-refractivity contribution in [2.24, 2.45) is 5.92 Å². The molecule has 0 radical (unpaired) electrons. The Bertz CT molecular complexity index is 725. The molecule has 1 atom stereocenters. The largest absolute Gasteiger partial charge is 0.335 e. The Hall–Kier alpha value is -2.44. The van der Waals surface area contributed by atoms with Crippen molar-refractivity contribution in [1.29, 1.82) is 0 Å². The van der Waals surface area contributed by atoms with E-state index in [0.29, 0.717) is 12.0 Å². The number of hydrogen-bond acceptors (Lipinski definition) is 4. The average molecular weight is 354 g/mol. The molecule has 1 N–H and O–H groups in total. The van der Waals surface area contributed by atoms with Gasteiger partial charge in [-0.2, -0.15) is 0 Å². The van der Waals surface area contributed by atoms with Crippen LogP contribution in [0.4, 0.5) is 4.79 Å². The lowest BCUT2D eigenvalue weighted by Crippen LogP contribution is -2.48. The van der Waals surface area contributed by atoms with Gasteiger partial charge in [0.2, 0.25) is 0 Å². The molecule has 2 aromatic heterocycles. The molecule has 1 aliphatic carbocycles. The van der Waals surface area contributed by atoms with Crippen molar-refractivity contribution in [1.82, 2.24) is 30.2 Å². The molecule has 2 aromatic rings. The van der Waals surface area contributed by atoms with Crippen LogP contribution in [0.5, 0.6) is 0 Å². The van der Waals surface area contributed by atoms with Gasteiger partial charge in [-0.15, -0.1) is 5.10 Å². The number of piperidine rings is 1. The summed E-state index contributed by atoms with van der Waals surface area (Å²) in [7, 11) is 0. The lowest BCUT2D eigenvalue weighted by atomic mass is 9.98. The lowest BCUT2D eigenvalue weighted by molar-refractivity contribution is 0.154. The Balaban J connectivity index is 1.33. The Kier molecular flexibility index (Phi) is 5.13. The van der Waals surface area contributed by atoms with Crippen molar-refractivity contribution < 1.29 is 4.79 Å². The van der Waals surface area contributed by atoms with Crippen LogP contribution in [0, 0.1) is 5.92 Å². The molecular weight excluding hydrogens is 328 g/mol. The van der Waals surface area contributed by atoms with E-state index in [2.05, 4.69) is 20.6 Å². The maximum atomic E-state index is 12.5. The number of likely N-dealkylation sites (tertiary alicyclic amines) is 1. The van der Waals surface area contributed by atoms with Crippen LogP contribution in [0.2, 0.25) is 0 Å². The second kappa shape index (κ2) is 7.85. The van der Waals surface area contributed by atoms with E-state index < -0.39 is 0 Å². The molecule has 1 unspecified atom stereocenters. The van der Waals surface area contributed by atoms with E-state index in [9.17, 15) is 4.79 Å². The third kappa shape index (κ3) is 4.03. The highest BCUT2D eigenvalue weighted by Gasteiger charge is 2.26. The fraction of sp³-hybridized carbons (Fsp3) is 0.579. The van der Waals surface area contributed by atoms with Gasteiger partial charge in [0, 0.05) is 43.6 Å². The Morgan fingerprint density at radius 3 is 2.77 bits per heavy atom. The number of carbonyl (C=O) groups is 1. The fourth-order valence-electron chi connectivity index (χ4n) is 4.04. The highest BCUT2D eigenvalue weighted by Crippen LogP contribution is 2.22. The summed E-state index contributed by atoms with van der Waals surface area (Å²) in [5.41, 5.74) is 1.88. The van der Waals surface area contributed by atoms with Crippen LogP contribution in [0.15, 0.2) is 30.7 Å². The van der Waals surface area contributed by atoms with E-state index in [1.807, 2.05) is 27.9 Å². The molecule has 2 amide bonds. The molecule has 4 rings (SSSR count). The molecule has 1 saturated carbocycles. The minimum Gasteiger partial charge on any atom is -0.335 e. The van der Waals surface area contributed by atoms with Gasteiger partial charge < -0.3 is 10.2 Å². The summed E-state index contributed by atoms with van der Waals surface area (Å²) in [6.07, 6.45) is 12.4. The first kappa shape index (κ1) is 17.0. The summed E-state index contributed by atoms with van der Waals surface area (Å²) in [4.78, 5) is 18.5. The summed E-state index contributed by atoms with van der Waals surface area (Å²) in [6.45, 7) is 2.45. The highest BCUT2D eigenvalue weighted by atomic mass is 16.2. The standard InChI is InChI=1S/C19H26N6O/c26-19(21-17-5-1-2-6-17)24-11-3-4-15(12-24)13-25-14-18(22-23-25)16-7-9-20-10-8-16/h7-10,14-15,17H,1-6,11-13H2,(H,21,26). The number of aromatic nitrogens is 4. The lowest BCUT2D eigenvalue weighted by Gasteiger charge is -2.33. The number of nitrogens with zero attached hydrogens (tertiary/aromatic N) is 5. The van der Waals surface area contributed by atoms with Gasteiger partial charge in [-0.25, -0.2) is 4.79 Å². The van der Waals surface area contributed by atoms with Gasteiger partial charge in [-0.05, 0) is 43.7 Å². The summed E-state index contributed by atoms with van der Waals surface area (Å²) in [5.74, 6) is 0.421. The topological polar surface area (TPSA) is 75.9 Å². The quantitative estimate of drug-likeness (QED) is 0.916. The molecule has 2 aliphatic rings. The molecule has 0 bridgehead atoms. The molecule has 7 heteroatoms. The summed E-state index contributed by atoms with van der Waals surface area (Å²) >= 11 is 0. The number of carbonyl (C=O) groups excluding carboxylic acids is 1. The first-order valence-corrected chi connectivity index (χ1v) is 9.64. The molecule has 0 spiro atoms.